The van der Waals surface area contributed by atoms with Crippen molar-refractivity contribution >= 4 is 39.1 Å². The Morgan fingerprint density at radius 1 is 1.00 bits per heavy atom. The second-order valence-electron chi connectivity index (χ2n) is 4.12. The molecule has 0 aliphatic rings. The van der Waals surface area contributed by atoms with Crippen molar-refractivity contribution in [2.24, 2.45) is 0 Å². The van der Waals surface area contributed by atoms with Crippen LogP contribution in [-0.2, 0) is 9.59 Å². The Hall–Kier alpha value is -2.34. The van der Waals surface area contributed by atoms with Gasteiger partial charge in [-0.3, -0.25) is 9.59 Å². The molecule has 0 unspecified atom stereocenters. The fourth-order valence-electron chi connectivity index (χ4n) is 1.68. The average molecular weight is 349 g/mol. The maximum absolute atomic E-state index is 11.9. The van der Waals surface area contributed by atoms with Crippen LogP contribution in [0.25, 0.3) is 0 Å². The minimum Gasteiger partial charge on any atom is -0.495 e. The highest BCUT2D eigenvalue weighted by molar-refractivity contribution is 9.10. The van der Waals surface area contributed by atoms with E-state index in [1.54, 1.807) is 42.5 Å². The zero-order chi connectivity index (χ0) is 15.2. The molecule has 0 fully saturated rings. The van der Waals surface area contributed by atoms with Crippen LogP contribution in [0.15, 0.2) is 53.0 Å². The van der Waals surface area contributed by atoms with Crippen molar-refractivity contribution in [2.75, 3.05) is 17.7 Å². The summed E-state index contributed by atoms with van der Waals surface area (Å²) in [4.78, 5) is 23.7. The van der Waals surface area contributed by atoms with Crippen LogP contribution in [-0.4, -0.2) is 18.9 Å². The monoisotopic (exact) mass is 348 g/mol. The van der Waals surface area contributed by atoms with E-state index in [0.29, 0.717) is 17.1 Å². The Labute approximate surface area is 130 Å². The molecular weight excluding hydrogens is 336 g/mol. The lowest BCUT2D eigenvalue weighted by molar-refractivity contribution is -0.133. The number of hydrogen-bond acceptors (Lipinski definition) is 3. The molecule has 108 valence electrons. The van der Waals surface area contributed by atoms with Gasteiger partial charge in [-0.1, -0.05) is 34.1 Å². The maximum Gasteiger partial charge on any atom is 0.314 e. The van der Waals surface area contributed by atoms with Gasteiger partial charge < -0.3 is 15.4 Å². The van der Waals surface area contributed by atoms with E-state index in [9.17, 15) is 9.59 Å². The zero-order valence-electron chi connectivity index (χ0n) is 11.2. The van der Waals surface area contributed by atoms with Crippen molar-refractivity contribution in [3.05, 3.63) is 53.0 Å². The number of benzene rings is 2. The SMILES string of the molecule is COc1ccccc1NC(=O)C(=O)Nc1cccc(Br)c1. The first-order valence-corrected chi connectivity index (χ1v) is 6.90. The molecule has 5 nitrogen and oxygen atoms in total. The molecule has 6 heteroatoms. The molecule has 0 saturated heterocycles. The van der Waals surface area contributed by atoms with E-state index in [0.717, 1.165) is 4.47 Å². The van der Waals surface area contributed by atoms with E-state index < -0.39 is 11.8 Å². The molecule has 2 rings (SSSR count). The fourth-order valence-corrected chi connectivity index (χ4v) is 2.08. The fraction of sp³-hybridized carbons (Fsp3) is 0.0667. The molecule has 0 bridgehead atoms. The van der Waals surface area contributed by atoms with Gasteiger partial charge in [0.2, 0.25) is 0 Å². The summed E-state index contributed by atoms with van der Waals surface area (Å²) in [6, 6.07) is 13.8. The number of carbonyl (C=O) groups excluding carboxylic acids is 2. The van der Waals surface area contributed by atoms with Gasteiger partial charge in [-0.25, -0.2) is 0 Å². The molecule has 0 aliphatic heterocycles. The molecule has 2 aromatic carbocycles. The molecule has 2 N–H and O–H groups in total. The minimum absolute atomic E-state index is 0.439. The molecule has 0 atom stereocenters. The summed E-state index contributed by atoms with van der Waals surface area (Å²) in [6.45, 7) is 0. The van der Waals surface area contributed by atoms with Crippen LogP contribution < -0.4 is 15.4 Å². The van der Waals surface area contributed by atoms with Crippen LogP contribution in [0.2, 0.25) is 0 Å². The number of para-hydroxylation sites is 2. The van der Waals surface area contributed by atoms with E-state index >= 15 is 0 Å². The quantitative estimate of drug-likeness (QED) is 0.837. The Morgan fingerprint density at radius 2 is 1.71 bits per heavy atom. The van der Waals surface area contributed by atoms with Crippen molar-refractivity contribution in [3.8, 4) is 5.75 Å². The van der Waals surface area contributed by atoms with Crippen LogP contribution in [0, 0.1) is 0 Å². The normalized spacial score (nSPS) is 9.81. The first-order valence-electron chi connectivity index (χ1n) is 6.11. The van der Waals surface area contributed by atoms with Gasteiger partial charge >= 0.3 is 11.8 Å². The highest BCUT2D eigenvalue weighted by Gasteiger charge is 2.15. The molecule has 0 radical (unpaired) electrons. The second kappa shape index (κ2) is 6.90. The third-order valence-corrected chi connectivity index (χ3v) is 3.14. The number of nitrogens with one attached hydrogen (secondary N) is 2. The van der Waals surface area contributed by atoms with Gasteiger partial charge in [0, 0.05) is 10.2 Å². The number of amides is 2. The summed E-state index contributed by atoms with van der Waals surface area (Å²) in [6.07, 6.45) is 0. The Balaban J connectivity index is 2.04. The van der Waals surface area contributed by atoms with Crippen molar-refractivity contribution < 1.29 is 14.3 Å². The van der Waals surface area contributed by atoms with E-state index in [1.807, 2.05) is 6.07 Å². The number of carbonyl (C=O) groups is 2. The van der Waals surface area contributed by atoms with Crippen molar-refractivity contribution in [2.45, 2.75) is 0 Å². The van der Waals surface area contributed by atoms with Gasteiger partial charge in [0.05, 0.1) is 12.8 Å². The highest BCUT2D eigenvalue weighted by Crippen LogP contribution is 2.23. The van der Waals surface area contributed by atoms with E-state index in [2.05, 4.69) is 26.6 Å². The van der Waals surface area contributed by atoms with Crippen LogP contribution in [0.4, 0.5) is 11.4 Å². The summed E-state index contributed by atoms with van der Waals surface area (Å²) >= 11 is 3.29. The molecule has 2 amide bonds. The third-order valence-electron chi connectivity index (χ3n) is 2.64. The Bertz CT molecular complexity index is 673. The lowest BCUT2D eigenvalue weighted by atomic mass is 10.3. The first kappa shape index (κ1) is 15.1. The Kier molecular flexibility index (Phi) is 4.94. The number of anilines is 2. The number of rotatable bonds is 3. The molecule has 0 saturated carbocycles. The smallest absolute Gasteiger partial charge is 0.314 e. The summed E-state index contributed by atoms with van der Waals surface area (Å²) in [7, 11) is 1.49. The predicted octanol–water partition coefficient (Wildman–Crippen LogP) is 3.03. The first-order chi connectivity index (χ1) is 10.1. The largest absolute Gasteiger partial charge is 0.495 e. The predicted molar refractivity (Wildman–Crippen MR) is 84.4 cm³/mol. The molecule has 0 aromatic heterocycles. The molecule has 0 heterocycles. The van der Waals surface area contributed by atoms with Gasteiger partial charge in [0.15, 0.2) is 0 Å². The molecule has 0 spiro atoms. The highest BCUT2D eigenvalue weighted by atomic mass is 79.9. The third kappa shape index (κ3) is 4.06. The van der Waals surface area contributed by atoms with Gasteiger partial charge in [0.25, 0.3) is 0 Å². The lowest BCUT2D eigenvalue weighted by Crippen LogP contribution is -2.29. The van der Waals surface area contributed by atoms with E-state index in [4.69, 9.17) is 4.74 Å². The number of methoxy groups -OCH3 is 1. The molecule has 21 heavy (non-hydrogen) atoms. The van der Waals surface area contributed by atoms with Crippen LogP contribution in [0.5, 0.6) is 5.75 Å². The zero-order valence-corrected chi connectivity index (χ0v) is 12.8. The van der Waals surface area contributed by atoms with E-state index in [-0.39, 0.29) is 0 Å². The van der Waals surface area contributed by atoms with Crippen LogP contribution in [0.3, 0.4) is 0 Å². The molecular formula is C15H13BrN2O3. The van der Waals surface area contributed by atoms with Crippen molar-refractivity contribution in [1.82, 2.24) is 0 Å². The number of ether oxygens (including phenoxy) is 1. The summed E-state index contributed by atoms with van der Waals surface area (Å²) < 4.78 is 5.92. The van der Waals surface area contributed by atoms with Crippen LogP contribution >= 0.6 is 15.9 Å². The number of halogens is 1. The van der Waals surface area contributed by atoms with Gasteiger partial charge in [-0.2, -0.15) is 0 Å². The lowest BCUT2D eigenvalue weighted by Gasteiger charge is -2.10. The topological polar surface area (TPSA) is 67.4 Å². The van der Waals surface area contributed by atoms with Gasteiger partial charge in [-0.05, 0) is 30.3 Å². The molecule has 0 aliphatic carbocycles. The van der Waals surface area contributed by atoms with Crippen molar-refractivity contribution in [1.29, 1.82) is 0 Å². The second-order valence-corrected chi connectivity index (χ2v) is 5.03. The summed E-state index contributed by atoms with van der Waals surface area (Å²) in [5.74, 6) is -1.03. The molecule has 2 aromatic rings. The van der Waals surface area contributed by atoms with E-state index in [1.165, 1.54) is 7.11 Å². The van der Waals surface area contributed by atoms with Gasteiger partial charge in [-0.15, -0.1) is 0 Å². The average Bonchev–Trinajstić information content (AvgIpc) is 2.47. The Morgan fingerprint density at radius 3 is 2.43 bits per heavy atom. The maximum atomic E-state index is 11.9. The standard InChI is InChI=1S/C15H13BrN2O3/c1-21-13-8-3-2-7-12(13)18-15(20)14(19)17-11-6-4-5-10(16)9-11/h2-9H,1H3,(H,17,19)(H,18,20). The summed E-state index contributed by atoms with van der Waals surface area (Å²) in [5.41, 5.74) is 0.971. The van der Waals surface area contributed by atoms with Crippen molar-refractivity contribution in [3.63, 3.8) is 0 Å². The van der Waals surface area contributed by atoms with Crippen LogP contribution in [0.1, 0.15) is 0 Å². The minimum atomic E-state index is -0.764. The summed E-state index contributed by atoms with van der Waals surface area (Å²) in [5, 5.41) is 5.03. The number of hydrogen-bond donors (Lipinski definition) is 2. The van der Waals surface area contributed by atoms with Gasteiger partial charge in [0.1, 0.15) is 5.75 Å².